The topological polar surface area (TPSA) is 36.7 Å². The molecule has 0 aromatic carbocycles. The fourth-order valence-corrected chi connectivity index (χ4v) is 0.871. The van der Waals surface area contributed by atoms with Crippen LogP contribution in [0.2, 0.25) is 0 Å². The molecule has 0 saturated carbocycles. The predicted molar refractivity (Wildman–Crippen MR) is 58.2 cm³/mol. The second kappa shape index (κ2) is 7.22. The lowest BCUT2D eigenvalue weighted by atomic mass is 10.2. The van der Waals surface area contributed by atoms with Crippen LogP contribution in [-0.2, 0) is 0 Å². The summed E-state index contributed by atoms with van der Waals surface area (Å²) in [5.41, 5.74) is 1.70. The smallest absolute Gasteiger partial charge is 0.0877 e. The molecule has 2 nitrogen and oxygen atoms in total. The van der Waals surface area contributed by atoms with Gasteiger partial charge in [0.25, 0.3) is 0 Å². The molecule has 0 bridgehead atoms. The quantitative estimate of drug-likeness (QED) is 0.690. The van der Waals surface area contributed by atoms with Gasteiger partial charge in [-0.3, -0.25) is 4.98 Å². The van der Waals surface area contributed by atoms with Gasteiger partial charge in [0.1, 0.15) is 0 Å². The zero-order valence-electron chi connectivity index (χ0n) is 8.41. The van der Waals surface area contributed by atoms with Crippen molar-refractivity contribution in [2.24, 2.45) is 0 Å². The van der Waals surface area contributed by atoms with Crippen LogP contribution in [0.4, 0.5) is 0 Å². The van der Waals surface area contributed by atoms with Gasteiger partial charge in [-0.05, 0) is 13.0 Å². The van der Waals surface area contributed by atoms with E-state index >= 15 is 0 Å². The molecular formula is C11H16N2. The van der Waals surface area contributed by atoms with Crippen molar-refractivity contribution in [3.05, 3.63) is 35.7 Å². The van der Waals surface area contributed by atoms with Crippen LogP contribution >= 0.6 is 0 Å². The molecule has 0 aliphatic rings. The Labute approximate surface area is 79.8 Å². The summed E-state index contributed by atoms with van der Waals surface area (Å²) in [5.74, 6) is 0. The maximum Gasteiger partial charge on any atom is 0.0877 e. The summed E-state index contributed by atoms with van der Waals surface area (Å²) < 4.78 is 0. The maximum absolute atomic E-state index is 7.04. The van der Waals surface area contributed by atoms with Gasteiger partial charge in [-0.15, -0.1) is 0 Å². The van der Waals surface area contributed by atoms with E-state index in [1.165, 1.54) is 6.21 Å². The molecule has 0 aliphatic heterocycles. The lowest BCUT2D eigenvalue weighted by molar-refractivity contribution is 1.28. The van der Waals surface area contributed by atoms with E-state index in [0.717, 1.165) is 5.56 Å². The highest BCUT2D eigenvalue weighted by atomic mass is 14.7. The van der Waals surface area contributed by atoms with E-state index in [1.54, 1.807) is 6.20 Å². The van der Waals surface area contributed by atoms with Crippen LogP contribution in [0.5, 0.6) is 0 Å². The van der Waals surface area contributed by atoms with Gasteiger partial charge in [0.05, 0.1) is 5.69 Å². The summed E-state index contributed by atoms with van der Waals surface area (Å²) >= 11 is 0. The minimum absolute atomic E-state index is 0.714. The second-order valence-corrected chi connectivity index (χ2v) is 2.12. The number of hydrogen-bond donors (Lipinski definition) is 1. The average Bonchev–Trinajstić information content (AvgIpc) is 2.22. The molecule has 13 heavy (non-hydrogen) atoms. The van der Waals surface area contributed by atoms with E-state index in [9.17, 15) is 0 Å². The van der Waals surface area contributed by atoms with E-state index in [0.29, 0.717) is 5.69 Å². The molecule has 0 atom stereocenters. The molecule has 1 rings (SSSR count). The molecule has 0 aliphatic carbocycles. The highest BCUT2D eigenvalue weighted by molar-refractivity contribution is 5.80. The molecule has 0 saturated heterocycles. The molecule has 0 spiro atoms. The number of allylic oxidation sites excluding steroid dienone is 1. The van der Waals surface area contributed by atoms with Gasteiger partial charge in [-0.2, -0.15) is 0 Å². The monoisotopic (exact) mass is 176 g/mol. The van der Waals surface area contributed by atoms with Crippen LogP contribution in [0.3, 0.4) is 0 Å². The third-order valence-corrected chi connectivity index (χ3v) is 1.35. The van der Waals surface area contributed by atoms with Crippen molar-refractivity contribution in [2.45, 2.75) is 20.8 Å². The SMILES string of the molecule is C/C=C\c1cccnc1C=N.CC. The minimum atomic E-state index is 0.714. The number of rotatable bonds is 2. The number of nitrogens with zero attached hydrogens (tertiary/aromatic N) is 1. The molecule has 0 amide bonds. The normalized spacial score (nSPS) is 9.15. The van der Waals surface area contributed by atoms with Gasteiger partial charge in [-0.1, -0.05) is 32.1 Å². The van der Waals surface area contributed by atoms with Crippen molar-refractivity contribution < 1.29 is 0 Å². The molecule has 1 heterocycles. The van der Waals surface area contributed by atoms with Crippen LogP contribution in [0.1, 0.15) is 32.0 Å². The van der Waals surface area contributed by atoms with Gasteiger partial charge in [-0.25, -0.2) is 0 Å². The van der Waals surface area contributed by atoms with Crippen LogP contribution < -0.4 is 0 Å². The van der Waals surface area contributed by atoms with Gasteiger partial charge in [0.15, 0.2) is 0 Å². The van der Waals surface area contributed by atoms with Crippen LogP contribution in [0.15, 0.2) is 24.4 Å². The van der Waals surface area contributed by atoms with Crippen molar-refractivity contribution in [1.82, 2.24) is 4.98 Å². The Hall–Kier alpha value is -1.44. The Morgan fingerprint density at radius 1 is 1.38 bits per heavy atom. The summed E-state index contributed by atoms with van der Waals surface area (Å²) in [6.45, 7) is 5.95. The Morgan fingerprint density at radius 2 is 2.08 bits per heavy atom. The Bertz CT molecular complexity index is 277. The van der Waals surface area contributed by atoms with E-state index < -0.39 is 0 Å². The first kappa shape index (κ1) is 11.6. The Balaban J connectivity index is 0.000000671. The molecule has 0 radical (unpaired) electrons. The van der Waals surface area contributed by atoms with Crippen molar-refractivity contribution in [3.8, 4) is 0 Å². The summed E-state index contributed by atoms with van der Waals surface area (Å²) in [4.78, 5) is 4.02. The average molecular weight is 176 g/mol. The third-order valence-electron chi connectivity index (χ3n) is 1.35. The fourth-order valence-electron chi connectivity index (χ4n) is 0.871. The first-order chi connectivity index (χ1) is 6.38. The maximum atomic E-state index is 7.04. The molecular weight excluding hydrogens is 160 g/mol. The number of nitrogens with one attached hydrogen (secondary N) is 1. The zero-order chi connectivity index (χ0) is 10.1. The third kappa shape index (κ3) is 3.65. The largest absolute Gasteiger partial charge is 0.306 e. The molecule has 0 unspecified atom stereocenters. The standard InChI is InChI=1S/C9H10N2.C2H6/c1-2-4-8-5-3-6-11-9(8)7-10;1-2/h2-7,10H,1H3;1-2H3/b4-2-,10-7?;. The van der Waals surface area contributed by atoms with Crippen molar-refractivity contribution in [1.29, 1.82) is 5.41 Å². The predicted octanol–water partition coefficient (Wildman–Crippen LogP) is 3.14. The van der Waals surface area contributed by atoms with Gasteiger partial charge in [0.2, 0.25) is 0 Å². The molecule has 1 aromatic rings. The second-order valence-electron chi connectivity index (χ2n) is 2.12. The molecule has 1 aromatic heterocycles. The van der Waals surface area contributed by atoms with Crippen LogP contribution in [-0.4, -0.2) is 11.2 Å². The summed E-state index contributed by atoms with van der Waals surface area (Å²) in [7, 11) is 0. The highest BCUT2D eigenvalue weighted by Gasteiger charge is 1.93. The first-order valence-electron chi connectivity index (χ1n) is 4.46. The minimum Gasteiger partial charge on any atom is -0.306 e. The Morgan fingerprint density at radius 3 is 2.62 bits per heavy atom. The molecule has 2 heteroatoms. The lowest BCUT2D eigenvalue weighted by Crippen LogP contribution is -1.89. The fraction of sp³-hybridized carbons (Fsp3) is 0.273. The Kier molecular flexibility index (Phi) is 6.42. The zero-order valence-corrected chi connectivity index (χ0v) is 8.41. The summed E-state index contributed by atoms with van der Waals surface area (Å²) in [6, 6.07) is 3.80. The highest BCUT2D eigenvalue weighted by Crippen LogP contribution is 2.04. The number of pyridine rings is 1. The summed E-state index contributed by atoms with van der Waals surface area (Å²) in [5, 5.41) is 7.04. The van der Waals surface area contributed by atoms with E-state index in [-0.39, 0.29) is 0 Å². The van der Waals surface area contributed by atoms with Gasteiger partial charge in [0, 0.05) is 18.0 Å². The van der Waals surface area contributed by atoms with Crippen molar-refractivity contribution in [2.75, 3.05) is 0 Å². The first-order valence-corrected chi connectivity index (χ1v) is 4.46. The van der Waals surface area contributed by atoms with Crippen molar-refractivity contribution in [3.63, 3.8) is 0 Å². The number of hydrogen-bond acceptors (Lipinski definition) is 2. The van der Waals surface area contributed by atoms with E-state index in [1.807, 2.05) is 45.1 Å². The lowest BCUT2D eigenvalue weighted by Gasteiger charge is -1.95. The van der Waals surface area contributed by atoms with E-state index in [2.05, 4.69) is 4.98 Å². The molecule has 0 fully saturated rings. The molecule has 70 valence electrons. The van der Waals surface area contributed by atoms with Gasteiger partial charge < -0.3 is 5.41 Å². The van der Waals surface area contributed by atoms with Crippen LogP contribution in [0, 0.1) is 5.41 Å². The van der Waals surface area contributed by atoms with Crippen molar-refractivity contribution >= 4 is 12.3 Å². The van der Waals surface area contributed by atoms with E-state index in [4.69, 9.17) is 5.41 Å². The van der Waals surface area contributed by atoms with Crippen LogP contribution in [0.25, 0.3) is 6.08 Å². The molecule has 1 N–H and O–H groups in total. The summed E-state index contributed by atoms with van der Waals surface area (Å²) in [6.07, 6.45) is 6.82. The van der Waals surface area contributed by atoms with Gasteiger partial charge >= 0.3 is 0 Å². The number of aromatic nitrogens is 1.